The quantitative estimate of drug-likeness (QED) is 0.184. The molecule has 9 rings (SSSR count). The topological polar surface area (TPSA) is 27.3 Å². The van der Waals surface area contributed by atoms with Gasteiger partial charge < -0.3 is 10.2 Å². The van der Waals surface area contributed by atoms with E-state index in [1.54, 1.807) is 0 Å². The zero-order valence-electron chi connectivity index (χ0n) is 26.7. The number of nitrogens with zero attached hydrogens (tertiary/aromatic N) is 1. The minimum Gasteiger partial charge on any atom is -0.366 e. The number of nitrogens with one attached hydrogen (secondary N) is 2. The second-order valence-corrected chi connectivity index (χ2v) is 13.8. The largest absolute Gasteiger partial charge is 0.366 e. The molecule has 48 heavy (non-hydrogen) atoms. The third-order valence-electron chi connectivity index (χ3n) is 9.77. The van der Waals surface area contributed by atoms with E-state index in [0.29, 0.717) is 0 Å². The van der Waals surface area contributed by atoms with E-state index in [2.05, 4.69) is 186 Å². The van der Waals surface area contributed by atoms with Crippen molar-refractivity contribution in [3.63, 3.8) is 0 Å². The predicted octanol–water partition coefficient (Wildman–Crippen LogP) is 10.9. The molecular formula is C44H35N3S. The number of hydrogen-bond donors (Lipinski definition) is 2. The summed E-state index contributed by atoms with van der Waals surface area (Å²) < 4.78 is 0. The van der Waals surface area contributed by atoms with Crippen LogP contribution in [0.25, 0.3) is 38.4 Å². The minimum absolute atomic E-state index is 0.0130. The van der Waals surface area contributed by atoms with E-state index >= 15 is 0 Å². The zero-order chi connectivity index (χ0) is 32.0. The molecule has 232 valence electrons. The molecule has 0 amide bonds. The second kappa shape index (κ2) is 12.1. The molecule has 0 spiro atoms. The van der Waals surface area contributed by atoms with Gasteiger partial charge in [-0.15, -0.1) is 0 Å². The van der Waals surface area contributed by atoms with Crippen LogP contribution in [0.15, 0.2) is 169 Å². The Bertz CT molecular complexity index is 2300. The molecule has 7 aromatic rings. The van der Waals surface area contributed by atoms with Gasteiger partial charge in [0.2, 0.25) is 0 Å². The van der Waals surface area contributed by atoms with Crippen LogP contribution in [0.4, 0.5) is 5.69 Å². The molecule has 2 heterocycles. The van der Waals surface area contributed by atoms with Gasteiger partial charge in [-0.1, -0.05) is 157 Å². The number of thioether (sulfide) groups is 1. The lowest BCUT2D eigenvalue weighted by atomic mass is 9.91. The SMILES string of the molecule is CN1c2c(ccc3ccc4cc(C5NC(c6ccccc6)=CC(c6ccccc6-c6ccccc6)N5)ccc4c23)SC1c1ccccc1. The van der Waals surface area contributed by atoms with Crippen LogP contribution in [-0.4, -0.2) is 7.05 Å². The molecule has 0 aromatic heterocycles. The van der Waals surface area contributed by atoms with E-state index in [1.807, 2.05) is 11.8 Å². The Labute approximate surface area is 285 Å². The molecule has 2 aliphatic rings. The lowest BCUT2D eigenvalue weighted by Crippen LogP contribution is -2.39. The standard InChI is InChI=1S/C44H35N3S/c1-47-42-40(48-44(47)32-17-9-4-10-18-32)26-24-31-21-22-33-27-34(23-25-36(33)41(31)42)43-45-38(30-15-7-3-8-16-30)28-39(46-43)37-20-12-11-19-35(37)29-13-5-2-6-14-29/h2-28,39,43-46H,1H3. The summed E-state index contributed by atoms with van der Waals surface area (Å²) in [6.07, 6.45) is 2.25. The van der Waals surface area contributed by atoms with Crippen LogP contribution in [0.5, 0.6) is 0 Å². The molecule has 3 unspecified atom stereocenters. The molecule has 2 aliphatic heterocycles. The Morgan fingerprint density at radius 1 is 0.604 bits per heavy atom. The molecule has 0 saturated heterocycles. The van der Waals surface area contributed by atoms with Crippen molar-refractivity contribution in [1.29, 1.82) is 0 Å². The fraction of sp³-hybridized carbons (Fsp3) is 0.0909. The number of rotatable bonds is 5. The van der Waals surface area contributed by atoms with Gasteiger partial charge in [-0.2, -0.15) is 0 Å². The lowest BCUT2D eigenvalue weighted by Gasteiger charge is -2.34. The second-order valence-electron chi connectivity index (χ2n) is 12.7. The summed E-state index contributed by atoms with van der Waals surface area (Å²) in [7, 11) is 2.24. The van der Waals surface area contributed by atoms with E-state index in [1.165, 1.54) is 65.5 Å². The first-order valence-electron chi connectivity index (χ1n) is 16.6. The Morgan fingerprint density at radius 2 is 1.27 bits per heavy atom. The molecule has 3 nitrogen and oxygen atoms in total. The highest BCUT2D eigenvalue weighted by molar-refractivity contribution is 8.00. The van der Waals surface area contributed by atoms with Crippen molar-refractivity contribution in [1.82, 2.24) is 10.6 Å². The van der Waals surface area contributed by atoms with Gasteiger partial charge in [0.15, 0.2) is 0 Å². The van der Waals surface area contributed by atoms with Gasteiger partial charge in [-0.25, -0.2) is 0 Å². The number of fused-ring (bicyclic) bond motifs is 5. The highest BCUT2D eigenvalue weighted by Gasteiger charge is 2.31. The highest BCUT2D eigenvalue weighted by atomic mass is 32.2. The van der Waals surface area contributed by atoms with Gasteiger partial charge in [0.25, 0.3) is 0 Å². The zero-order valence-corrected chi connectivity index (χ0v) is 27.5. The molecular weight excluding hydrogens is 603 g/mol. The van der Waals surface area contributed by atoms with Crippen LogP contribution in [0.3, 0.4) is 0 Å². The Balaban J connectivity index is 1.13. The van der Waals surface area contributed by atoms with Crippen LogP contribution in [0.2, 0.25) is 0 Å². The van der Waals surface area contributed by atoms with Crippen molar-refractivity contribution in [2.45, 2.75) is 22.5 Å². The predicted molar refractivity (Wildman–Crippen MR) is 203 cm³/mol. The van der Waals surface area contributed by atoms with Crippen molar-refractivity contribution in [2.24, 2.45) is 0 Å². The number of benzene rings is 7. The first kappa shape index (κ1) is 28.9. The Morgan fingerprint density at radius 3 is 2.06 bits per heavy atom. The number of hydrogen-bond acceptors (Lipinski definition) is 4. The molecule has 0 saturated carbocycles. The molecule has 4 heteroatoms. The molecule has 7 aromatic carbocycles. The average Bonchev–Trinajstić information content (AvgIpc) is 3.51. The average molecular weight is 638 g/mol. The fourth-order valence-electron chi connectivity index (χ4n) is 7.43. The third-order valence-corrected chi connectivity index (χ3v) is 11.2. The highest BCUT2D eigenvalue weighted by Crippen LogP contribution is 2.54. The first-order chi connectivity index (χ1) is 23.7. The van der Waals surface area contributed by atoms with Gasteiger partial charge in [0.1, 0.15) is 11.5 Å². The van der Waals surface area contributed by atoms with Crippen LogP contribution in [-0.2, 0) is 0 Å². The van der Waals surface area contributed by atoms with Gasteiger partial charge >= 0.3 is 0 Å². The van der Waals surface area contributed by atoms with Crippen molar-refractivity contribution >= 4 is 44.7 Å². The van der Waals surface area contributed by atoms with Crippen molar-refractivity contribution in [3.8, 4) is 11.1 Å². The minimum atomic E-state index is -0.0821. The summed E-state index contributed by atoms with van der Waals surface area (Å²) in [4.78, 5) is 3.80. The summed E-state index contributed by atoms with van der Waals surface area (Å²) in [5.74, 6) is 0. The van der Waals surface area contributed by atoms with Gasteiger partial charge in [-0.3, -0.25) is 5.32 Å². The Kier molecular flexibility index (Phi) is 7.26. The Hall–Kier alpha value is -5.29. The maximum atomic E-state index is 3.97. The molecule has 0 aliphatic carbocycles. The van der Waals surface area contributed by atoms with E-state index in [4.69, 9.17) is 0 Å². The van der Waals surface area contributed by atoms with E-state index < -0.39 is 0 Å². The van der Waals surface area contributed by atoms with Crippen molar-refractivity contribution in [3.05, 3.63) is 186 Å². The van der Waals surface area contributed by atoms with E-state index in [0.717, 1.165) is 5.70 Å². The summed E-state index contributed by atoms with van der Waals surface area (Å²) in [5, 5.41) is 13.2. The molecule has 2 N–H and O–H groups in total. The molecule has 3 atom stereocenters. The molecule has 0 radical (unpaired) electrons. The summed E-state index contributed by atoms with van der Waals surface area (Å²) in [5.41, 5.74) is 9.92. The van der Waals surface area contributed by atoms with Gasteiger partial charge in [-0.05, 0) is 67.7 Å². The van der Waals surface area contributed by atoms with E-state index in [-0.39, 0.29) is 17.6 Å². The fourth-order valence-corrected chi connectivity index (χ4v) is 8.73. The lowest BCUT2D eigenvalue weighted by molar-refractivity contribution is 0.443. The first-order valence-corrected chi connectivity index (χ1v) is 17.5. The van der Waals surface area contributed by atoms with Crippen LogP contribution in [0.1, 0.15) is 39.8 Å². The number of anilines is 1. The van der Waals surface area contributed by atoms with Crippen LogP contribution < -0.4 is 15.5 Å². The van der Waals surface area contributed by atoms with Gasteiger partial charge in [0.05, 0.1) is 11.7 Å². The monoisotopic (exact) mass is 637 g/mol. The normalized spacial score (nSPS) is 18.8. The smallest absolute Gasteiger partial charge is 0.105 e. The van der Waals surface area contributed by atoms with Crippen molar-refractivity contribution in [2.75, 3.05) is 11.9 Å². The third kappa shape index (κ3) is 5.05. The summed E-state index contributed by atoms with van der Waals surface area (Å²) >= 11 is 1.94. The maximum absolute atomic E-state index is 3.97. The van der Waals surface area contributed by atoms with E-state index in [9.17, 15) is 0 Å². The van der Waals surface area contributed by atoms with Crippen LogP contribution >= 0.6 is 11.8 Å². The summed E-state index contributed by atoms with van der Waals surface area (Å²) in [6.45, 7) is 0. The molecule has 0 fully saturated rings. The van der Waals surface area contributed by atoms with Crippen molar-refractivity contribution < 1.29 is 0 Å². The molecule has 0 bridgehead atoms. The van der Waals surface area contributed by atoms with Gasteiger partial charge in [0, 0.05) is 23.0 Å². The van der Waals surface area contributed by atoms with Crippen LogP contribution in [0, 0.1) is 0 Å². The maximum Gasteiger partial charge on any atom is 0.105 e. The summed E-state index contributed by atoms with van der Waals surface area (Å²) in [6, 6.07) is 57.1.